The summed E-state index contributed by atoms with van der Waals surface area (Å²) in [6.07, 6.45) is 4.31. The summed E-state index contributed by atoms with van der Waals surface area (Å²) >= 11 is 0. The van der Waals surface area contributed by atoms with Crippen molar-refractivity contribution in [3.63, 3.8) is 0 Å². The average molecular weight is 383 g/mol. The topological polar surface area (TPSA) is 61.9 Å². The Labute approximate surface area is 166 Å². The molecular weight excluding hydrogens is 354 g/mol. The van der Waals surface area contributed by atoms with Gasteiger partial charge in [-0.2, -0.15) is 0 Å². The number of piperidine rings is 4. The predicted molar refractivity (Wildman–Crippen MR) is 105 cm³/mol. The summed E-state index contributed by atoms with van der Waals surface area (Å²) in [4.78, 5) is 29.7. The number of rotatable bonds is 2. The van der Waals surface area contributed by atoms with Gasteiger partial charge in [0.25, 0.3) is 0 Å². The molecule has 2 amide bonds. The van der Waals surface area contributed by atoms with Crippen molar-refractivity contribution in [2.75, 3.05) is 32.7 Å². The van der Waals surface area contributed by atoms with E-state index in [-0.39, 0.29) is 30.1 Å². The van der Waals surface area contributed by atoms with E-state index >= 15 is 0 Å². The van der Waals surface area contributed by atoms with Crippen LogP contribution in [0.2, 0.25) is 0 Å². The van der Waals surface area contributed by atoms with Crippen molar-refractivity contribution in [1.82, 2.24) is 15.1 Å². The highest BCUT2D eigenvalue weighted by atomic mass is 16.6. The zero-order valence-electron chi connectivity index (χ0n) is 16.3. The maximum Gasteiger partial charge on any atom is 0.410 e. The number of nitrogens with zero attached hydrogens (tertiary/aromatic N) is 2. The monoisotopic (exact) mass is 383 g/mol. The Kier molecular flexibility index (Phi) is 4.75. The van der Waals surface area contributed by atoms with Crippen molar-refractivity contribution in [2.24, 2.45) is 11.8 Å². The third kappa shape index (κ3) is 3.28. The van der Waals surface area contributed by atoms with Gasteiger partial charge in [-0.25, -0.2) is 4.79 Å². The zero-order valence-corrected chi connectivity index (χ0v) is 16.3. The van der Waals surface area contributed by atoms with E-state index in [1.54, 1.807) is 0 Å². The molecule has 5 aliphatic rings. The quantitative estimate of drug-likeness (QED) is 0.852. The van der Waals surface area contributed by atoms with Gasteiger partial charge >= 0.3 is 6.09 Å². The van der Waals surface area contributed by atoms with Crippen LogP contribution in [0.25, 0.3) is 0 Å². The van der Waals surface area contributed by atoms with E-state index in [4.69, 9.17) is 4.74 Å². The number of hydrogen-bond acceptors (Lipinski definition) is 4. The highest BCUT2D eigenvalue weighted by Gasteiger charge is 2.42. The summed E-state index contributed by atoms with van der Waals surface area (Å²) in [6.45, 7) is 4.49. The van der Waals surface area contributed by atoms with Crippen LogP contribution >= 0.6 is 0 Å². The predicted octanol–water partition coefficient (Wildman–Crippen LogP) is 2.34. The molecule has 150 valence electrons. The molecule has 4 saturated heterocycles. The van der Waals surface area contributed by atoms with Gasteiger partial charge in [-0.3, -0.25) is 9.69 Å². The van der Waals surface area contributed by atoms with Crippen molar-refractivity contribution in [2.45, 2.75) is 44.2 Å². The van der Waals surface area contributed by atoms with Crippen molar-refractivity contribution < 1.29 is 14.3 Å². The molecule has 6 heteroatoms. The second-order valence-corrected chi connectivity index (χ2v) is 8.75. The Balaban J connectivity index is 1.39. The van der Waals surface area contributed by atoms with E-state index in [1.165, 1.54) is 11.1 Å². The molecule has 1 aromatic carbocycles. The lowest BCUT2D eigenvalue weighted by Gasteiger charge is -2.46. The fraction of sp³-hybridized carbons (Fsp3) is 0.636. The molecule has 3 unspecified atom stereocenters. The van der Waals surface area contributed by atoms with E-state index < -0.39 is 0 Å². The molecule has 1 N–H and O–H groups in total. The van der Waals surface area contributed by atoms with Crippen molar-refractivity contribution >= 4 is 12.0 Å². The van der Waals surface area contributed by atoms with Crippen molar-refractivity contribution in [3.8, 4) is 0 Å². The lowest BCUT2D eigenvalue weighted by atomic mass is 9.80. The van der Waals surface area contributed by atoms with Gasteiger partial charge < -0.3 is 15.0 Å². The number of carbonyl (C=O) groups excluding carboxylic acids is 2. The molecule has 0 aromatic heterocycles. The SMILES string of the molecule is O=C1CC(C2c3ccccc3CCN2C(=O)OC2CN3CCC2CC3)CCN1. The number of benzene rings is 1. The first-order chi connectivity index (χ1) is 13.7. The van der Waals surface area contributed by atoms with Crippen molar-refractivity contribution in [3.05, 3.63) is 35.4 Å². The molecule has 2 bridgehead atoms. The van der Waals surface area contributed by atoms with Crippen LogP contribution in [0, 0.1) is 11.8 Å². The van der Waals surface area contributed by atoms with Gasteiger partial charge in [0, 0.05) is 26.1 Å². The van der Waals surface area contributed by atoms with Crippen molar-refractivity contribution in [1.29, 1.82) is 0 Å². The first-order valence-electron chi connectivity index (χ1n) is 10.7. The molecule has 0 radical (unpaired) electrons. The minimum absolute atomic E-state index is 0.0162. The summed E-state index contributed by atoms with van der Waals surface area (Å²) < 4.78 is 6.07. The maximum atomic E-state index is 13.3. The van der Waals surface area contributed by atoms with Crippen LogP contribution in [-0.4, -0.2) is 60.6 Å². The molecule has 0 saturated carbocycles. The van der Waals surface area contributed by atoms with Gasteiger partial charge in [0.1, 0.15) is 6.10 Å². The van der Waals surface area contributed by atoms with E-state index in [0.29, 0.717) is 25.4 Å². The van der Waals surface area contributed by atoms with Gasteiger partial charge in [-0.15, -0.1) is 0 Å². The minimum atomic E-state index is -0.191. The maximum absolute atomic E-state index is 13.3. The molecule has 28 heavy (non-hydrogen) atoms. The molecule has 6 rings (SSSR count). The largest absolute Gasteiger partial charge is 0.444 e. The smallest absolute Gasteiger partial charge is 0.410 e. The van der Waals surface area contributed by atoms with Gasteiger partial charge in [-0.05, 0) is 61.7 Å². The Morgan fingerprint density at radius 3 is 2.64 bits per heavy atom. The Hall–Kier alpha value is -2.08. The third-order valence-electron chi connectivity index (χ3n) is 7.15. The second-order valence-electron chi connectivity index (χ2n) is 8.75. The molecule has 5 heterocycles. The number of fused-ring (bicyclic) bond motifs is 4. The summed E-state index contributed by atoms with van der Waals surface area (Å²) in [5.41, 5.74) is 2.49. The summed E-state index contributed by atoms with van der Waals surface area (Å²) in [6, 6.07) is 8.31. The normalized spacial score (nSPS) is 34.5. The average Bonchev–Trinajstić information content (AvgIpc) is 2.73. The summed E-state index contributed by atoms with van der Waals surface area (Å²) in [7, 11) is 0. The minimum Gasteiger partial charge on any atom is -0.444 e. The summed E-state index contributed by atoms with van der Waals surface area (Å²) in [5.74, 6) is 0.740. The molecule has 3 atom stereocenters. The summed E-state index contributed by atoms with van der Waals surface area (Å²) in [5, 5.41) is 2.92. The Morgan fingerprint density at radius 1 is 1.07 bits per heavy atom. The fourth-order valence-electron chi connectivity index (χ4n) is 5.63. The van der Waals surface area contributed by atoms with Gasteiger partial charge in [0.05, 0.1) is 6.04 Å². The number of nitrogens with one attached hydrogen (secondary N) is 1. The van der Waals surface area contributed by atoms with Crippen LogP contribution in [-0.2, 0) is 16.0 Å². The van der Waals surface area contributed by atoms with Crippen LogP contribution in [0.4, 0.5) is 4.79 Å². The highest BCUT2D eigenvalue weighted by Crippen LogP contribution is 2.40. The molecule has 1 aromatic rings. The third-order valence-corrected chi connectivity index (χ3v) is 7.15. The van der Waals surface area contributed by atoms with Gasteiger partial charge in [0.15, 0.2) is 0 Å². The lowest BCUT2D eigenvalue weighted by Crippen LogP contribution is -2.54. The molecule has 4 fully saturated rings. The first-order valence-corrected chi connectivity index (χ1v) is 10.7. The molecule has 5 aliphatic heterocycles. The van der Waals surface area contributed by atoms with Crippen LogP contribution in [0.15, 0.2) is 24.3 Å². The van der Waals surface area contributed by atoms with Crippen LogP contribution < -0.4 is 5.32 Å². The number of hydrogen-bond donors (Lipinski definition) is 1. The van der Waals surface area contributed by atoms with E-state index in [0.717, 1.165) is 45.3 Å². The lowest BCUT2D eigenvalue weighted by molar-refractivity contribution is -0.124. The fourth-order valence-corrected chi connectivity index (χ4v) is 5.63. The van der Waals surface area contributed by atoms with Crippen LogP contribution in [0.3, 0.4) is 0 Å². The van der Waals surface area contributed by atoms with E-state index in [1.807, 2.05) is 11.0 Å². The van der Waals surface area contributed by atoms with Crippen LogP contribution in [0.5, 0.6) is 0 Å². The van der Waals surface area contributed by atoms with E-state index in [9.17, 15) is 9.59 Å². The molecule has 0 spiro atoms. The standard InChI is InChI=1S/C22H29N3O3/c26-20-13-17(5-9-23-20)21-18-4-2-1-3-15(18)8-12-25(21)22(27)28-19-14-24-10-6-16(19)7-11-24/h1-4,16-17,19,21H,5-14H2,(H,23,26). The van der Waals surface area contributed by atoms with Gasteiger partial charge in [0.2, 0.25) is 5.91 Å². The zero-order chi connectivity index (χ0) is 19.1. The number of amides is 2. The first kappa shape index (κ1) is 18.0. The molecular formula is C22H29N3O3. The Bertz CT molecular complexity index is 759. The number of carbonyl (C=O) groups is 2. The Morgan fingerprint density at radius 2 is 1.89 bits per heavy atom. The second kappa shape index (κ2) is 7.39. The van der Waals surface area contributed by atoms with Gasteiger partial charge in [-0.1, -0.05) is 24.3 Å². The van der Waals surface area contributed by atoms with E-state index in [2.05, 4.69) is 28.4 Å². The molecule has 0 aliphatic carbocycles. The van der Waals surface area contributed by atoms with Crippen LogP contribution in [0.1, 0.15) is 42.9 Å². The number of ether oxygens (including phenoxy) is 1. The molecule has 6 nitrogen and oxygen atoms in total. The highest BCUT2D eigenvalue weighted by molar-refractivity contribution is 5.77.